The maximum Gasteiger partial charge on any atom is 0.414 e. The molecular formula is C14H14N4O4. The van der Waals surface area contributed by atoms with Crippen molar-refractivity contribution in [2.45, 2.75) is 13.0 Å². The van der Waals surface area contributed by atoms with Gasteiger partial charge in [0.05, 0.1) is 12.3 Å². The van der Waals surface area contributed by atoms with E-state index in [1.165, 1.54) is 12.3 Å². The first-order valence-electron chi connectivity index (χ1n) is 6.75. The van der Waals surface area contributed by atoms with Gasteiger partial charge < -0.3 is 19.0 Å². The average Bonchev–Trinajstić information content (AvgIpc) is 3.24. The number of furan rings is 1. The highest BCUT2D eigenvalue weighted by Crippen LogP contribution is 2.23. The van der Waals surface area contributed by atoms with Crippen LogP contribution in [0.25, 0.3) is 11.5 Å². The first-order chi connectivity index (χ1) is 10.8. The molecule has 3 rings (SSSR count). The molecule has 0 aromatic carbocycles. The minimum atomic E-state index is -0.584. The molecule has 0 aliphatic rings. The molecule has 8 heteroatoms. The minimum absolute atomic E-state index is 0.0796. The van der Waals surface area contributed by atoms with E-state index in [-0.39, 0.29) is 5.88 Å². The molecule has 0 saturated heterocycles. The Morgan fingerprint density at radius 2 is 2.32 bits per heavy atom. The Hall–Kier alpha value is -3.03. The number of carbonyl (C=O) groups is 1. The van der Waals surface area contributed by atoms with Crippen LogP contribution < -0.4 is 10.1 Å². The number of nitrogens with one attached hydrogen (secondary N) is 1. The molecule has 0 radical (unpaired) electrons. The fourth-order valence-electron chi connectivity index (χ4n) is 1.84. The predicted octanol–water partition coefficient (Wildman–Crippen LogP) is 2.31. The number of carbonyl (C=O) groups excluding carboxylic acids is 1. The number of nitrogens with zero attached hydrogens (tertiary/aromatic N) is 3. The van der Waals surface area contributed by atoms with Crippen molar-refractivity contribution < 1.29 is 18.5 Å². The van der Waals surface area contributed by atoms with Gasteiger partial charge in [-0.1, -0.05) is 0 Å². The maximum absolute atomic E-state index is 11.6. The Labute approximate surface area is 125 Å². The summed E-state index contributed by atoms with van der Waals surface area (Å²) in [7, 11) is 0. The molecule has 3 aromatic heterocycles. The van der Waals surface area contributed by atoms with Gasteiger partial charge >= 0.3 is 6.09 Å². The van der Waals surface area contributed by atoms with Crippen molar-refractivity contribution in [3.05, 3.63) is 42.9 Å². The highest BCUT2D eigenvalue weighted by molar-refractivity contribution is 5.70. The third kappa shape index (κ3) is 3.54. The summed E-state index contributed by atoms with van der Waals surface area (Å²) in [4.78, 5) is 11.6. The van der Waals surface area contributed by atoms with Gasteiger partial charge in [-0.05, 0) is 29.8 Å². The first kappa shape index (κ1) is 13.9. The van der Waals surface area contributed by atoms with Crippen molar-refractivity contribution >= 4 is 6.09 Å². The zero-order valence-corrected chi connectivity index (χ0v) is 11.6. The molecule has 3 heterocycles. The van der Waals surface area contributed by atoms with Crippen LogP contribution in [-0.4, -0.2) is 27.6 Å². The van der Waals surface area contributed by atoms with Crippen LogP contribution >= 0.6 is 0 Å². The molecule has 1 amide bonds. The van der Waals surface area contributed by atoms with Crippen molar-refractivity contribution in [2.75, 3.05) is 6.54 Å². The molecule has 0 fully saturated rings. The second-order valence-electron chi connectivity index (χ2n) is 4.45. The van der Waals surface area contributed by atoms with Crippen LogP contribution in [0.4, 0.5) is 4.79 Å². The molecule has 8 nitrogen and oxygen atoms in total. The Bertz CT molecular complexity index is 703. The van der Waals surface area contributed by atoms with Gasteiger partial charge in [0.25, 0.3) is 5.88 Å². The van der Waals surface area contributed by atoms with Crippen LogP contribution in [0.15, 0.2) is 51.9 Å². The molecule has 1 N–H and O–H groups in total. The highest BCUT2D eigenvalue weighted by Gasteiger charge is 2.12. The van der Waals surface area contributed by atoms with Crippen LogP contribution in [-0.2, 0) is 6.54 Å². The van der Waals surface area contributed by atoms with Gasteiger partial charge in [-0.25, -0.2) is 4.79 Å². The first-order valence-corrected chi connectivity index (χ1v) is 6.75. The number of hydrogen-bond acceptors (Lipinski definition) is 6. The summed E-state index contributed by atoms with van der Waals surface area (Å²) >= 11 is 0. The van der Waals surface area contributed by atoms with Gasteiger partial charge in [-0.2, -0.15) is 5.10 Å². The summed E-state index contributed by atoms with van der Waals surface area (Å²) in [6.45, 7) is 1.20. The van der Waals surface area contributed by atoms with E-state index in [0.717, 1.165) is 13.0 Å². The largest absolute Gasteiger partial charge is 0.461 e. The molecule has 22 heavy (non-hydrogen) atoms. The van der Waals surface area contributed by atoms with Crippen LogP contribution in [0, 0.1) is 0 Å². The Balaban J connectivity index is 1.42. The van der Waals surface area contributed by atoms with Crippen LogP contribution in [0.1, 0.15) is 6.42 Å². The van der Waals surface area contributed by atoms with Crippen molar-refractivity contribution in [1.82, 2.24) is 20.3 Å². The van der Waals surface area contributed by atoms with E-state index in [1.54, 1.807) is 23.0 Å². The number of hydrogen-bond donors (Lipinski definition) is 1. The normalized spacial score (nSPS) is 10.5. The van der Waals surface area contributed by atoms with Crippen molar-refractivity contribution in [3.63, 3.8) is 0 Å². The Morgan fingerprint density at radius 3 is 3.09 bits per heavy atom. The molecule has 0 spiro atoms. The van der Waals surface area contributed by atoms with Crippen molar-refractivity contribution in [1.29, 1.82) is 0 Å². The van der Waals surface area contributed by atoms with Gasteiger partial charge in [0.15, 0.2) is 5.76 Å². The molecule has 0 bridgehead atoms. The lowest BCUT2D eigenvalue weighted by Gasteiger charge is -2.04. The summed E-state index contributed by atoms with van der Waals surface area (Å²) in [5.74, 6) is 0.990. The molecular weight excluding hydrogens is 288 g/mol. The lowest BCUT2D eigenvalue weighted by atomic mass is 10.3. The predicted molar refractivity (Wildman–Crippen MR) is 75.1 cm³/mol. The van der Waals surface area contributed by atoms with Crippen LogP contribution in [0.5, 0.6) is 5.88 Å². The lowest BCUT2D eigenvalue weighted by molar-refractivity contribution is 0.195. The number of ether oxygens (including phenoxy) is 1. The van der Waals surface area contributed by atoms with Gasteiger partial charge in [0, 0.05) is 25.5 Å². The second kappa shape index (κ2) is 6.61. The molecule has 114 valence electrons. The van der Waals surface area contributed by atoms with E-state index in [2.05, 4.69) is 15.6 Å². The number of rotatable bonds is 6. The summed E-state index contributed by atoms with van der Waals surface area (Å²) in [5, 5.41) is 10.3. The van der Waals surface area contributed by atoms with E-state index < -0.39 is 6.09 Å². The summed E-state index contributed by atoms with van der Waals surface area (Å²) in [5.41, 5.74) is 0. The highest BCUT2D eigenvalue weighted by atomic mass is 16.6. The summed E-state index contributed by atoms with van der Waals surface area (Å²) < 4.78 is 17.0. The topological polar surface area (TPSA) is 95.3 Å². The fraction of sp³-hybridized carbons (Fsp3) is 0.214. The fourth-order valence-corrected chi connectivity index (χ4v) is 1.84. The smallest absolute Gasteiger partial charge is 0.414 e. The quantitative estimate of drug-likeness (QED) is 0.702. The summed E-state index contributed by atoms with van der Waals surface area (Å²) in [6.07, 6.45) is 5.25. The van der Waals surface area contributed by atoms with E-state index in [1.807, 2.05) is 12.3 Å². The lowest BCUT2D eigenvalue weighted by Crippen LogP contribution is -2.28. The Kier molecular flexibility index (Phi) is 4.19. The van der Waals surface area contributed by atoms with Crippen LogP contribution in [0.3, 0.4) is 0 Å². The number of aromatic nitrogens is 3. The number of amides is 1. The third-order valence-corrected chi connectivity index (χ3v) is 2.84. The van der Waals surface area contributed by atoms with Gasteiger partial charge in [0.2, 0.25) is 5.76 Å². The van der Waals surface area contributed by atoms with Gasteiger partial charge in [-0.3, -0.25) is 4.68 Å². The molecule has 0 atom stereocenters. The average molecular weight is 302 g/mol. The Morgan fingerprint density at radius 1 is 1.36 bits per heavy atom. The second-order valence-corrected chi connectivity index (χ2v) is 4.45. The maximum atomic E-state index is 11.6. The SMILES string of the molecule is O=C(NCCCn1cccn1)Oc1cc(-c2ccco2)on1. The van der Waals surface area contributed by atoms with E-state index in [0.29, 0.717) is 18.1 Å². The number of aryl methyl sites for hydroxylation is 1. The van der Waals surface area contributed by atoms with E-state index in [4.69, 9.17) is 13.7 Å². The molecule has 0 saturated carbocycles. The van der Waals surface area contributed by atoms with Gasteiger partial charge in [-0.15, -0.1) is 0 Å². The van der Waals surface area contributed by atoms with Crippen molar-refractivity contribution in [2.24, 2.45) is 0 Å². The third-order valence-electron chi connectivity index (χ3n) is 2.84. The molecule has 0 aliphatic heterocycles. The van der Waals surface area contributed by atoms with Gasteiger partial charge in [0.1, 0.15) is 0 Å². The van der Waals surface area contributed by atoms with E-state index in [9.17, 15) is 4.79 Å². The molecule has 3 aromatic rings. The minimum Gasteiger partial charge on any atom is -0.461 e. The monoisotopic (exact) mass is 302 g/mol. The summed E-state index contributed by atoms with van der Waals surface area (Å²) in [6, 6.07) is 6.79. The molecule has 0 aliphatic carbocycles. The zero-order chi connectivity index (χ0) is 15.2. The van der Waals surface area contributed by atoms with Crippen LogP contribution in [0.2, 0.25) is 0 Å². The zero-order valence-electron chi connectivity index (χ0n) is 11.6. The standard InChI is InChI=1S/C14H14N4O4/c19-14(15-5-2-7-18-8-3-6-16-18)21-13-10-12(22-17-13)11-4-1-9-20-11/h1,3-4,6,8-10H,2,5,7H2,(H,15,19). The van der Waals surface area contributed by atoms with E-state index >= 15 is 0 Å². The van der Waals surface area contributed by atoms with Crippen molar-refractivity contribution in [3.8, 4) is 17.4 Å². The molecule has 0 unspecified atom stereocenters.